The van der Waals surface area contributed by atoms with E-state index in [1.165, 1.54) is 0 Å². The van der Waals surface area contributed by atoms with Crippen molar-refractivity contribution in [3.8, 4) is 6.07 Å². The second-order valence-electron chi connectivity index (χ2n) is 2.71. The van der Waals surface area contributed by atoms with Gasteiger partial charge < -0.3 is 15.5 Å². The van der Waals surface area contributed by atoms with Crippen LogP contribution in [0.1, 0.15) is 6.42 Å². The number of nitriles is 1. The minimum absolute atomic E-state index is 0.0725. The maximum absolute atomic E-state index is 11.1. The quantitative estimate of drug-likeness (QED) is 0.506. The predicted octanol–water partition coefficient (Wildman–Crippen LogP) is -0.713. The number of carboxylic acids is 2. The van der Waals surface area contributed by atoms with Gasteiger partial charge in [0.15, 0.2) is 0 Å². The first-order valence-corrected chi connectivity index (χ1v) is 5.31. The van der Waals surface area contributed by atoms with Crippen molar-refractivity contribution in [2.45, 2.75) is 12.5 Å². The highest BCUT2D eigenvalue weighted by Crippen LogP contribution is 1.99. The molecule has 0 aliphatic carbocycles. The molecule has 88 valence electrons. The number of hydrogen-bond donors (Lipinski definition) is 3. The smallest absolute Gasteiger partial charge is 0.326 e. The zero-order valence-corrected chi connectivity index (χ0v) is 8.99. The van der Waals surface area contributed by atoms with Crippen LogP contribution in [0.15, 0.2) is 0 Å². The van der Waals surface area contributed by atoms with E-state index in [4.69, 9.17) is 15.5 Å². The molecule has 0 aromatic carbocycles. The van der Waals surface area contributed by atoms with Gasteiger partial charge in [-0.15, -0.1) is 11.8 Å². The van der Waals surface area contributed by atoms with Gasteiger partial charge in [-0.1, -0.05) is 0 Å². The predicted molar refractivity (Wildman–Crippen MR) is 54.8 cm³/mol. The Kier molecular flexibility index (Phi) is 6.71. The highest BCUT2D eigenvalue weighted by Gasteiger charge is 2.22. The lowest BCUT2D eigenvalue weighted by Gasteiger charge is -2.11. The van der Waals surface area contributed by atoms with Gasteiger partial charge in [-0.3, -0.25) is 9.59 Å². The van der Waals surface area contributed by atoms with Gasteiger partial charge in [-0.25, -0.2) is 4.79 Å². The van der Waals surface area contributed by atoms with Crippen LogP contribution in [0.2, 0.25) is 0 Å². The van der Waals surface area contributed by atoms with Crippen molar-refractivity contribution in [3.05, 3.63) is 0 Å². The lowest BCUT2D eigenvalue weighted by Crippen LogP contribution is -2.43. The van der Waals surface area contributed by atoms with Crippen LogP contribution in [0, 0.1) is 11.3 Å². The lowest BCUT2D eigenvalue weighted by molar-refractivity contribution is -0.147. The topological polar surface area (TPSA) is 127 Å². The number of carbonyl (C=O) groups excluding carboxylic acids is 1. The van der Waals surface area contributed by atoms with E-state index in [9.17, 15) is 14.4 Å². The number of carboxylic acid groups (broad SMARTS) is 2. The minimum Gasteiger partial charge on any atom is -0.481 e. The lowest BCUT2D eigenvalue weighted by atomic mass is 10.2. The molecule has 0 aromatic rings. The third kappa shape index (κ3) is 6.67. The molecule has 0 bridgehead atoms. The summed E-state index contributed by atoms with van der Waals surface area (Å²) < 4.78 is 0. The average molecular weight is 246 g/mol. The largest absolute Gasteiger partial charge is 0.481 e. The number of aliphatic carboxylic acids is 2. The summed E-state index contributed by atoms with van der Waals surface area (Å²) in [6.45, 7) is 0. The molecule has 0 saturated carbocycles. The number of carbonyl (C=O) groups is 3. The number of hydrogen-bond acceptors (Lipinski definition) is 5. The summed E-state index contributed by atoms with van der Waals surface area (Å²) in [5, 5.41) is 27.3. The third-order valence-corrected chi connectivity index (χ3v) is 2.21. The van der Waals surface area contributed by atoms with Gasteiger partial charge in [0.05, 0.1) is 24.0 Å². The summed E-state index contributed by atoms with van der Waals surface area (Å²) in [7, 11) is 0. The Balaban J connectivity index is 4.09. The highest BCUT2D eigenvalue weighted by molar-refractivity contribution is 8.00. The monoisotopic (exact) mass is 246 g/mol. The van der Waals surface area contributed by atoms with Gasteiger partial charge in [-0.05, 0) is 0 Å². The van der Waals surface area contributed by atoms with Gasteiger partial charge in [0, 0.05) is 0 Å². The molecule has 0 aliphatic heterocycles. The van der Waals surface area contributed by atoms with Gasteiger partial charge in [0.1, 0.15) is 6.04 Å². The Morgan fingerprint density at radius 2 is 2.00 bits per heavy atom. The van der Waals surface area contributed by atoms with Crippen LogP contribution in [-0.4, -0.2) is 45.6 Å². The zero-order valence-electron chi connectivity index (χ0n) is 8.17. The third-order valence-electron chi connectivity index (χ3n) is 1.41. The summed E-state index contributed by atoms with van der Waals surface area (Å²) in [6.07, 6.45) is -0.677. The van der Waals surface area contributed by atoms with Crippen LogP contribution in [0.25, 0.3) is 0 Å². The molecule has 3 N–H and O–H groups in total. The second-order valence-corrected chi connectivity index (χ2v) is 3.69. The van der Waals surface area contributed by atoms with Crippen molar-refractivity contribution in [3.63, 3.8) is 0 Å². The first-order valence-electron chi connectivity index (χ1n) is 4.16. The first-order chi connectivity index (χ1) is 7.47. The fourth-order valence-electron chi connectivity index (χ4n) is 0.800. The van der Waals surface area contributed by atoms with E-state index >= 15 is 0 Å². The molecule has 0 aromatic heterocycles. The molecule has 0 aliphatic rings. The fraction of sp³-hybridized carbons (Fsp3) is 0.500. The van der Waals surface area contributed by atoms with E-state index in [-0.39, 0.29) is 11.5 Å². The minimum atomic E-state index is -1.44. The van der Waals surface area contributed by atoms with Crippen molar-refractivity contribution in [2.24, 2.45) is 0 Å². The van der Waals surface area contributed by atoms with Gasteiger partial charge >= 0.3 is 11.9 Å². The van der Waals surface area contributed by atoms with Crippen LogP contribution >= 0.6 is 11.8 Å². The highest BCUT2D eigenvalue weighted by atomic mass is 32.2. The summed E-state index contributed by atoms with van der Waals surface area (Å²) >= 11 is 1.02. The van der Waals surface area contributed by atoms with E-state index in [1.807, 2.05) is 0 Å². The van der Waals surface area contributed by atoms with E-state index in [0.29, 0.717) is 0 Å². The normalized spacial score (nSPS) is 11.2. The van der Waals surface area contributed by atoms with E-state index in [2.05, 4.69) is 5.32 Å². The van der Waals surface area contributed by atoms with Crippen molar-refractivity contribution in [1.82, 2.24) is 5.32 Å². The molecule has 0 heterocycles. The van der Waals surface area contributed by atoms with E-state index in [0.717, 1.165) is 11.8 Å². The van der Waals surface area contributed by atoms with Crippen LogP contribution < -0.4 is 5.32 Å². The molecule has 8 heteroatoms. The van der Waals surface area contributed by atoms with Gasteiger partial charge in [-0.2, -0.15) is 5.26 Å². The molecule has 0 rings (SSSR count). The molecular weight excluding hydrogens is 236 g/mol. The summed E-state index contributed by atoms with van der Waals surface area (Å²) in [5.74, 6) is -3.27. The maximum atomic E-state index is 11.1. The molecule has 0 radical (unpaired) electrons. The van der Waals surface area contributed by atoms with Crippen LogP contribution in [0.5, 0.6) is 0 Å². The Morgan fingerprint density at radius 3 is 2.44 bits per heavy atom. The average Bonchev–Trinajstić information content (AvgIpc) is 2.16. The number of nitrogens with zero attached hydrogens (tertiary/aromatic N) is 1. The van der Waals surface area contributed by atoms with Crippen LogP contribution in [0.4, 0.5) is 0 Å². The molecule has 0 spiro atoms. The second kappa shape index (κ2) is 7.53. The Labute approximate surface area is 95.4 Å². The SMILES string of the molecule is N#CCSCC(=O)N[C@@H](CC(=O)O)C(=O)O. The summed E-state index contributed by atoms with van der Waals surface area (Å²) in [4.78, 5) is 32.0. The molecule has 16 heavy (non-hydrogen) atoms. The number of amides is 1. The van der Waals surface area contributed by atoms with Crippen LogP contribution in [-0.2, 0) is 14.4 Å². The Bertz CT molecular complexity index is 325. The van der Waals surface area contributed by atoms with Crippen molar-refractivity contribution < 1.29 is 24.6 Å². The number of rotatable bonds is 7. The Hall–Kier alpha value is -1.75. The summed E-state index contributed by atoms with van der Waals surface area (Å²) in [6, 6.07) is 0.367. The molecule has 0 unspecified atom stereocenters. The van der Waals surface area contributed by atoms with Gasteiger partial charge in [0.2, 0.25) is 5.91 Å². The Morgan fingerprint density at radius 1 is 1.38 bits per heavy atom. The van der Waals surface area contributed by atoms with E-state index < -0.39 is 30.3 Å². The number of nitrogens with one attached hydrogen (secondary N) is 1. The van der Waals surface area contributed by atoms with Crippen molar-refractivity contribution in [2.75, 3.05) is 11.5 Å². The van der Waals surface area contributed by atoms with Crippen molar-refractivity contribution in [1.29, 1.82) is 5.26 Å². The molecule has 1 atom stereocenters. The first kappa shape index (κ1) is 14.2. The maximum Gasteiger partial charge on any atom is 0.326 e. The van der Waals surface area contributed by atoms with Gasteiger partial charge in [0.25, 0.3) is 0 Å². The molecule has 0 fully saturated rings. The fourth-order valence-corrected chi connectivity index (χ4v) is 1.26. The molecule has 7 nitrogen and oxygen atoms in total. The zero-order chi connectivity index (χ0) is 12.6. The van der Waals surface area contributed by atoms with E-state index in [1.54, 1.807) is 6.07 Å². The van der Waals surface area contributed by atoms with Crippen molar-refractivity contribution >= 4 is 29.6 Å². The molecular formula is C8H10N2O5S. The molecule has 0 saturated heterocycles. The standard InChI is InChI=1S/C8H10N2O5S/c9-1-2-16-4-6(11)10-5(8(14)15)3-7(12)13/h5H,2-4H2,(H,10,11)(H,12,13)(H,14,15)/t5-/m0/s1. The van der Waals surface area contributed by atoms with Crippen LogP contribution in [0.3, 0.4) is 0 Å². The molecule has 1 amide bonds. The number of thioether (sulfide) groups is 1. The summed E-state index contributed by atoms with van der Waals surface area (Å²) in [5.41, 5.74) is 0.